The molecule has 0 spiro atoms. The predicted molar refractivity (Wildman–Crippen MR) is 109 cm³/mol. The van der Waals surface area contributed by atoms with Crippen LogP contribution in [-0.4, -0.2) is 34.8 Å². The van der Waals surface area contributed by atoms with Gasteiger partial charge in [0.05, 0.1) is 23.4 Å². The lowest BCUT2D eigenvalue weighted by Crippen LogP contribution is -2.25. The van der Waals surface area contributed by atoms with Crippen molar-refractivity contribution in [3.05, 3.63) is 58.3 Å². The molecule has 1 aliphatic rings. The highest BCUT2D eigenvalue weighted by Crippen LogP contribution is 2.34. The van der Waals surface area contributed by atoms with Gasteiger partial charge < -0.3 is 4.42 Å². The van der Waals surface area contributed by atoms with Gasteiger partial charge in [0.15, 0.2) is 5.13 Å². The van der Waals surface area contributed by atoms with Gasteiger partial charge in [-0.3, -0.25) is 15.0 Å². The van der Waals surface area contributed by atoms with Crippen LogP contribution < -0.4 is 5.32 Å². The number of alkyl halides is 5. The Balaban J connectivity index is 1.45. The smallest absolute Gasteiger partial charge is 0.416 e. The molecule has 5 nitrogen and oxygen atoms in total. The molecule has 0 unspecified atom stereocenters. The number of rotatable bonds is 5. The van der Waals surface area contributed by atoms with Gasteiger partial charge in [0, 0.05) is 30.5 Å². The van der Waals surface area contributed by atoms with Crippen LogP contribution in [-0.2, 0) is 12.7 Å². The standard InChI is InChI=1S/C21H18F5N3O2S/c1-12-16(8-17(31-12)13-3-2-4-14(7-13)21(24,25)26)18(30)28-19-27-15(10-32-19)9-29-6-5-20(22,23)11-29/h2-4,7-8,10H,5-6,9,11H2,1H3,(H,27,28,30). The van der Waals surface area contributed by atoms with Gasteiger partial charge in [0.1, 0.15) is 11.5 Å². The van der Waals surface area contributed by atoms with Crippen LogP contribution in [0.1, 0.15) is 33.8 Å². The fourth-order valence-electron chi connectivity index (χ4n) is 3.47. The first-order valence-electron chi connectivity index (χ1n) is 9.64. The Morgan fingerprint density at radius 1 is 1.31 bits per heavy atom. The van der Waals surface area contributed by atoms with Crippen LogP contribution in [0.3, 0.4) is 0 Å². The Labute approximate surface area is 183 Å². The summed E-state index contributed by atoms with van der Waals surface area (Å²) in [6, 6.07) is 6.01. The third kappa shape index (κ3) is 4.99. The number of hydrogen-bond acceptors (Lipinski definition) is 5. The van der Waals surface area contributed by atoms with Crippen LogP contribution >= 0.6 is 11.3 Å². The number of carbonyl (C=O) groups excluding carboxylic acids is 1. The molecule has 1 N–H and O–H groups in total. The van der Waals surface area contributed by atoms with Gasteiger partial charge in [-0.05, 0) is 25.1 Å². The number of halogens is 5. The van der Waals surface area contributed by atoms with Crippen LogP contribution in [0, 0.1) is 6.92 Å². The van der Waals surface area contributed by atoms with E-state index in [1.807, 2.05) is 0 Å². The molecule has 1 fully saturated rings. The van der Waals surface area contributed by atoms with Gasteiger partial charge in [-0.1, -0.05) is 12.1 Å². The number of aromatic nitrogens is 1. The van der Waals surface area contributed by atoms with Crippen molar-refractivity contribution in [1.29, 1.82) is 0 Å². The molecule has 0 saturated carbocycles. The van der Waals surface area contributed by atoms with Crippen molar-refractivity contribution in [1.82, 2.24) is 9.88 Å². The first kappa shape index (κ1) is 22.4. The van der Waals surface area contributed by atoms with Crippen LogP contribution in [0.5, 0.6) is 0 Å². The van der Waals surface area contributed by atoms with Crippen LogP contribution in [0.25, 0.3) is 11.3 Å². The second-order valence-corrected chi connectivity index (χ2v) is 8.43. The molecular weight excluding hydrogens is 453 g/mol. The predicted octanol–water partition coefficient (Wildman–Crippen LogP) is 5.82. The molecule has 4 rings (SSSR count). The summed E-state index contributed by atoms with van der Waals surface area (Å²) in [7, 11) is 0. The molecule has 1 amide bonds. The summed E-state index contributed by atoms with van der Waals surface area (Å²) >= 11 is 1.16. The summed E-state index contributed by atoms with van der Waals surface area (Å²) in [5.74, 6) is -2.85. The number of carbonyl (C=O) groups is 1. The van der Waals surface area contributed by atoms with E-state index in [0.717, 1.165) is 23.5 Å². The average Bonchev–Trinajstić information content (AvgIpc) is 3.40. The van der Waals surface area contributed by atoms with E-state index in [-0.39, 0.29) is 53.8 Å². The molecule has 0 aliphatic carbocycles. The first-order chi connectivity index (χ1) is 15.0. The highest BCUT2D eigenvalue weighted by Gasteiger charge is 2.38. The number of thiazole rings is 1. The van der Waals surface area contributed by atoms with E-state index >= 15 is 0 Å². The third-order valence-electron chi connectivity index (χ3n) is 5.04. The SMILES string of the molecule is Cc1oc(-c2cccc(C(F)(F)F)c2)cc1C(=O)Nc1nc(CN2CCC(F)(F)C2)cs1. The summed E-state index contributed by atoms with van der Waals surface area (Å²) in [4.78, 5) is 18.5. The van der Waals surface area contributed by atoms with Crippen molar-refractivity contribution in [2.45, 2.75) is 32.0 Å². The second kappa shape index (κ2) is 8.28. The van der Waals surface area contributed by atoms with Crippen LogP contribution in [0.4, 0.5) is 27.1 Å². The van der Waals surface area contributed by atoms with Gasteiger partial charge in [-0.25, -0.2) is 13.8 Å². The van der Waals surface area contributed by atoms with E-state index in [4.69, 9.17) is 4.42 Å². The fourth-order valence-corrected chi connectivity index (χ4v) is 4.17. The van der Waals surface area contributed by atoms with E-state index in [0.29, 0.717) is 5.69 Å². The minimum Gasteiger partial charge on any atom is -0.461 e. The van der Waals surface area contributed by atoms with E-state index in [2.05, 4.69) is 10.3 Å². The number of benzene rings is 1. The highest BCUT2D eigenvalue weighted by molar-refractivity contribution is 7.14. The van der Waals surface area contributed by atoms with Crippen molar-refractivity contribution >= 4 is 22.4 Å². The second-order valence-electron chi connectivity index (χ2n) is 7.57. The summed E-state index contributed by atoms with van der Waals surface area (Å²) in [5.41, 5.74) is 0.104. The summed E-state index contributed by atoms with van der Waals surface area (Å²) < 4.78 is 71.1. The fraction of sp³-hybridized carbons (Fsp3) is 0.333. The number of nitrogens with zero attached hydrogens (tertiary/aromatic N) is 2. The molecule has 0 atom stereocenters. The lowest BCUT2D eigenvalue weighted by atomic mass is 10.1. The lowest BCUT2D eigenvalue weighted by Gasteiger charge is -2.13. The molecule has 11 heteroatoms. The largest absolute Gasteiger partial charge is 0.461 e. The zero-order valence-electron chi connectivity index (χ0n) is 16.8. The van der Waals surface area contributed by atoms with Gasteiger partial charge >= 0.3 is 6.18 Å². The van der Waals surface area contributed by atoms with Gasteiger partial charge in [0.25, 0.3) is 11.8 Å². The Hall–Kier alpha value is -2.79. The van der Waals surface area contributed by atoms with E-state index in [1.165, 1.54) is 25.1 Å². The van der Waals surface area contributed by atoms with Crippen molar-refractivity contribution in [2.75, 3.05) is 18.4 Å². The van der Waals surface area contributed by atoms with Gasteiger partial charge in [-0.15, -0.1) is 11.3 Å². The quantitative estimate of drug-likeness (QED) is 0.476. The zero-order valence-corrected chi connectivity index (χ0v) is 17.6. The van der Waals surface area contributed by atoms with E-state index in [9.17, 15) is 26.7 Å². The maximum atomic E-state index is 13.3. The summed E-state index contributed by atoms with van der Waals surface area (Å²) in [6.07, 6.45) is -4.68. The van der Waals surface area contributed by atoms with Crippen LogP contribution in [0.2, 0.25) is 0 Å². The molecule has 3 heterocycles. The van der Waals surface area contributed by atoms with Crippen LogP contribution in [0.15, 0.2) is 40.1 Å². The van der Waals surface area contributed by atoms with Crippen molar-refractivity contribution < 1.29 is 31.2 Å². The molecule has 32 heavy (non-hydrogen) atoms. The van der Waals surface area contributed by atoms with Gasteiger partial charge in [0.2, 0.25) is 0 Å². The number of furan rings is 1. The maximum absolute atomic E-state index is 13.3. The van der Waals surface area contributed by atoms with E-state index in [1.54, 1.807) is 10.3 Å². The Morgan fingerprint density at radius 2 is 2.09 bits per heavy atom. The number of nitrogens with one attached hydrogen (secondary N) is 1. The molecular formula is C21H18F5N3O2S. The van der Waals surface area contributed by atoms with Crippen molar-refractivity contribution in [2.24, 2.45) is 0 Å². The molecule has 1 saturated heterocycles. The van der Waals surface area contributed by atoms with Crippen molar-refractivity contribution in [3.63, 3.8) is 0 Å². The van der Waals surface area contributed by atoms with Gasteiger partial charge in [-0.2, -0.15) is 13.2 Å². The molecule has 0 bridgehead atoms. The molecule has 1 aliphatic heterocycles. The highest BCUT2D eigenvalue weighted by atomic mass is 32.1. The number of hydrogen-bond donors (Lipinski definition) is 1. The molecule has 0 radical (unpaired) electrons. The number of anilines is 1. The summed E-state index contributed by atoms with van der Waals surface area (Å²) in [5, 5.41) is 4.59. The lowest BCUT2D eigenvalue weighted by molar-refractivity contribution is -0.137. The zero-order chi connectivity index (χ0) is 23.1. The Morgan fingerprint density at radius 3 is 2.78 bits per heavy atom. The maximum Gasteiger partial charge on any atom is 0.416 e. The number of aryl methyl sites for hydroxylation is 1. The third-order valence-corrected chi connectivity index (χ3v) is 5.85. The minimum absolute atomic E-state index is 0.133. The summed E-state index contributed by atoms with van der Waals surface area (Å²) in [6.45, 7) is 1.75. The topological polar surface area (TPSA) is 58.4 Å². The Kier molecular flexibility index (Phi) is 5.80. The van der Waals surface area contributed by atoms with E-state index < -0.39 is 23.6 Å². The average molecular weight is 471 g/mol. The van der Waals surface area contributed by atoms with Crippen molar-refractivity contribution in [3.8, 4) is 11.3 Å². The minimum atomic E-state index is -4.49. The first-order valence-corrected chi connectivity index (χ1v) is 10.5. The normalized spacial score (nSPS) is 16.4. The number of likely N-dealkylation sites (tertiary alicyclic amines) is 1. The molecule has 170 valence electrons. The monoisotopic (exact) mass is 471 g/mol. The molecule has 2 aromatic heterocycles. The molecule has 3 aromatic rings. The number of amides is 1. The molecule has 1 aromatic carbocycles. The Bertz CT molecular complexity index is 1140.